The SMILES string of the molecule is CC(C)(C)SCCN1CCC2C(CCC(=O)N2C2CC2)C1. The number of hydrogen-bond donors (Lipinski definition) is 0. The number of fused-ring (bicyclic) bond motifs is 1. The molecule has 1 saturated carbocycles. The van der Waals surface area contributed by atoms with Crippen LogP contribution < -0.4 is 0 Å². The lowest BCUT2D eigenvalue weighted by Gasteiger charge is -2.47. The van der Waals surface area contributed by atoms with Gasteiger partial charge in [0.05, 0.1) is 0 Å². The zero-order valence-electron chi connectivity index (χ0n) is 13.8. The predicted molar refractivity (Wildman–Crippen MR) is 89.6 cm³/mol. The first-order chi connectivity index (χ1) is 9.94. The van der Waals surface area contributed by atoms with Gasteiger partial charge in [0.2, 0.25) is 5.91 Å². The summed E-state index contributed by atoms with van der Waals surface area (Å²) in [6.07, 6.45) is 5.62. The molecule has 0 aromatic carbocycles. The molecule has 3 fully saturated rings. The number of hydrogen-bond acceptors (Lipinski definition) is 3. The monoisotopic (exact) mass is 310 g/mol. The van der Waals surface area contributed by atoms with Crippen LogP contribution in [0.25, 0.3) is 0 Å². The second-order valence-corrected chi connectivity index (χ2v) is 9.87. The Labute approximate surface area is 133 Å². The molecule has 0 aromatic rings. The lowest BCUT2D eigenvalue weighted by Crippen LogP contribution is -2.56. The molecular formula is C17H30N2OS. The number of piperidine rings is 2. The van der Waals surface area contributed by atoms with Gasteiger partial charge in [-0.25, -0.2) is 0 Å². The van der Waals surface area contributed by atoms with Crippen molar-refractivity contribution in [1.29, 1.82) is 0 Å². The number of amides is 1. The van der Waals surface area contributed by atoms with E-state index in [9.17, 15) is 4.79 Å². The molecule has 21 heavy (non-hydrogen) atoms. The van der Waals surface area contributed by atoms with Gasteiger partial charge in [0, 0.05) is 48.6 Å². The second-order valence-electron chi connectivity index (χ2n) is 7.95. The topological polar surface area (TPSA) is 23.6 Å². The van der Waals surface area contributed by atoms with Crippen molar-refractivity contribution in [3.05, 3.63) is 0 Å². The zero-order chi connectivity index (χ0) is 15.0. The van der Waals surface area contributed by atoms with Gasteiger partial charge in [0.25, 0.3) is 0 Å². The van der Waals surface area contributed by atoms with Crippen molar-refractivity contribution in [2.45, 2.75) is 69.7 Å². The average molecular weight is 311 g/mol. The fraction of sp³-hybridized carbons (Fsp3) is 0.941. The Morgan fingerprint density at radius 3 is 2.62 bits per heavy atom. The van der Waals surface area contributed by atoms with Crippen LogP contribution >= 0.6 is 11.8 Å². The molecule has 0 radical (unpaired) electrons. The van der Waals surface area contributed by atoms with Gasteiger partial charge in [-0.1, -0.05) is 20.8 Å². The molecule has 2 heterocycles. The number of rotatable bonds is 4. The van der Waals surface area contributed by atoms with E-state index in [1.54, 1.807) is 0 Å². The third-order valence-electron chi connectivity index (χ3n) is 5.04. The van der Waals surface area contributed by atoms with E-state index in [-0.39, 0.29) is 0 Å². The number of likely N-dealkylation sites (tertiary alicyclic amines) is 2. The van der Waals surface area contributed by atoms with Gasteiger partial charge in [-0.15, -0.1) is 0 Å². The zero-order valence-corrected chi connectivity index (χ0v) is 14.6. The minimum atomic E-state index is 0.373. The van der Waals surface area contributed by atoms with Crippen LogP contribution in [0.2, 0.25) is 0 Å². The molecule has 0 spiro atoms. The molecule has 2 saturated heterocycles. The van der Waals surface area contributed by atoms with Gasteiger partial charge in [0.15, 0.2) is 0 Å². The Hall–Kier alpha value is -0.220. The second kappa shape index (κ2) is 6.11. The fourth-order valence-corrected chi connectivity index (χ4v) is 4.84. The number of thioether (sulfide) groups is 1. The van der Waals surface area contributed by atoms with E-state index in [2.05, 4.69) is 42.3 Å². The highest BCUT2D eigenvalue weighted by Crippen LogP contribution is 2.39. The smallest absolute Gasteiger partial charge is 0.223 e. The van der Waals surface area contributed by atoms with E-state index in [1.165, 1.54) is 44.6 Å². The van der Waals surface area contributed by atoms with Crippen molar-refractivity contribution < 1.29 is 4.79 Å². The van der Waals surface area contributed by atoms with Crippen LogP contribution in [0.3, 0.4) is 0 Å². The van der Waals surface area contributed by atoms with Gasteiger partial charge in [-0.3, -0.25) is 4.79 Å². The van der Waals surface area contributed by atoms with Crippen LogP contribution in [0.4, 0.5) is 0 Å². The summed E-state index contributed by atoms with van der Waals surface area (Å²) in [4.78, 5) is 17.1. The molecule has 2 unspecified atom stereocenters. The average Bonchev–Trinajstić information content (AvgIpc) is 3.21. The first kappa shape index (κ1) is 15.7. The standard InChI is InChI=1S/C17H30N2OS/c1-17(2,3)21-11-10-18-9-8-15-13(12-18)4-7-16(20)19(15)14-5-6-14/h13-15H,4-12H2,1-3H3. The van der Waals surface area contributed by atoms with Gasteiger partial charge < -0.3 is 9.80 Å². The quantitative estimate of drug-likeness (QED) is 0.797. The summed E-state index contributed by atoms with van der Waals surface area (Å²) in [6, 6.07) is 1.17. The first-order valence-corrected chi connectivity index (χ1v) is 9.60. The Morgan fingerprint density at radius 1 is 1.19 bits per heavy atom. The Balaban J connectivity index is 1.50. The third kappa shape index (κ3) is 3.95. The van der Waals surface area contributed by atoms with Crippen molar-refractivity contribution in [1.82, 2.24) is 9.80 Å². The summed E-state index contributed by atoms with van der Waals surface area (Å²) in [5, 5.41) is 0. The maximum Gasteiger partial charge on any atom is 0.223 e. The van der Waals surface area contributed by atoms with Crippen LogP contribution in [0.15, 0.2) is 0 Å². The van der Waals surface area contributed by atoms with Crippen molar-refractivity contribution in [2.24, 2.45) is 5.92 Å². The maximum absolute atomic E-state index is 12.2. The highest BCUT2D eigenvalue weighted by Gasteiger charge is 2.45. The molecule has 1 amide bonds. The van der Waals surface area contributed by atoms with Gasteiger partial charge in [0.1, 0.15) is 0 Å². The van der Waals surface area contributed by atoms with E-state index in [0.29, 0.717) is 22.7 Å². The largest absolute Gasteiger partial charge is 0.336 e. The molecule has 3 aliphatic rings. The lowest BCUT2D eigenvalue weighted by molar-refractivity contribution is -0.141. The molecule has 120 valence electrons. The summed E-state index contributed by atoms with van der Waals surface area (Å²) >= 11 is 2.07. The summed E-state index contributed by atoms with van der Waals surface area (Å²) in [7, 11) is 0. The molecule has 3 nitrogen and oxygen atoms in total. The van der Waals surface area contributed by atoms with Crippen LogP contribution in [-0.2, 0) is 4.79 Å². The molecule has 2 aliphatic heterocycles. The highest BCUT2D eigenvalue weighted by atomic mass is 32.2. The first-order valence-electron chi connectivity index (χ1n) is 8.61. The Bertz CT molecular complexity index is 389. The van der Waals surface area contributed by atoms with Crippen molar-refractivity contribution in [3.8, 4) is 0 Å². The molecule has 2 atom stereocenters. The molecule has 4 heteroatoms. The van der Waals surface area contributed by atoms with Gasteiger partial charge >= 0.3 is 0 Å². The van der Waals surface area contributed by atoms with E-state index in [4.69, 9.17) is 0 Å². The lowest BCUT2D eigenvalue weighted by atomic mass is 9.83. The molecule has 0 N–H and O–H groups in total. The maximum atomic E-state index is 12.2. The molecule has 1 aliphatic carbocycles. The molecule has 0 bridgehead atoms. The van der Waals surface area contributed by atoms with Crippen LogP contribution in [0.5, 0.6) is 0 Å². The number of carbonyl (C=O) groups is 1. The fourth-order valence-electron chi connectivity index (χ4n) is 3.88. The molecule has 3 rings (SSSR count). The minimum absolute atomic E-state index is 0.373. The van der Waals surface area contributed by atoms with Crippen LogP contribution in [0.1, 0.15) is 52.9 Å². The Morgan fingerprint density at radius 2 is 1.95 bits per heavy atom. The summed E-state index contributed by atoms with van der Waals surface area (Å²) in [5.41, 5.74) is 0. The number of nitrogens with zero attached hydrogens (tertiary/aromatic N) is 2. The summed E-state index contributed by atoms with van der Waals surface area (Å²) < 4.78 is 0.373. The van der Waals surface area contributed by atoms with Crippen molar-refractivity contribution >= 4 is 17.7 Å². The summed E-state index contributed by atoms with van der Waals surface area (Å²) in [5.74, 6) is 2.40. The van der Waals surface area contributed by atoms with Gasteiger partial charge in [-0.05, 0) is 31.6 Å². The third-order valence-corrected chi connectivity index (χ3v) is 6.29. The van der Waals surface area contributed by atoms with Crippen molar-refractivity contribution in [3.63, 3.8) is 0 Å². The van der Waals surface area contributed by atoms with Crippen LogP contribution in [0, 0.1) is 5.92 Å². The minimum Gasteiger partial charge on any atom is -0.336 e. The van der Waals surface area contributed by atoms with Crippen LogP contribution in [-0.4, -0.2) is 57.9 Å². The normalized spacial score (nSPS) is 31.4. The van der Waals surface area contributed by atoms with E-state index in [0.717, 1.165) is 18.8 Å². The molecular weight excluding hydrogens is 280 g/mol. The van der Waals surface area contributed by atoms with E-state index >= 15 is 0 Å². The predicted octanol–water partition coefficient (Wildman–Crippen LogP) is 2.99. The van der Waals surface area contributed by atoms with E-state index in [1.807, 2.05) is 0 Å². The van der Waals surface area contributed by atoms with Gasteiger partial charge in [-0.2, -0.15) is 11.8 Å². The Kier molecular flexibility index (Phi) is 4.56. The van der Waals surface area contributed by atoms with E-state index < -0.39 is 0 Å². The summed E-state index contributed by atoms with van der Waals surface area (Å²) in [6.45, 7) is 10.5. The van der Waals surface area contributed by atoms with Crippen molar-refractivity contribution in [2.75, 3.05) is 25.4 Å². The number of carbonyl (C=O) groups excluding carboxylic acids is 1. The highest BCUT2D eigenvalue weighted by molar-refractivity contribution is 8.00. The molecule has 0 aromatic heterocycles.